The van der Waals surface area contributed by atoms with Gasteiger partial charge in [0.2, 0.25) is 0 Å². The molecule has 0 atom stereocenters. The minimum atomic E-state index is -0.586. The van der Waals surface area contributed by atoms with Crippen molar-refractivity contribution in [3.05, 3.63) is 167 Å². The molecular formula is C41H29N3O2. The van der Waals surface area contributed by atoms with Gasteiger partial charge in [-0.3, -0.25) is 4.57 Å². The normalized spacial score (nSPS) is 15.8. The van der Waals surface area contributed by atoms with Gasteiger partial charge in [-0.05, 0) is 79.6 Å². The second kappa shape index (κ2) is 8.89. The Balaban J connectivity index is 1.25. The molecule has 0 amide bonds. The van der Waals surface area contributed by atoms with E-state index >= 15 is 0 Å². The number of aromatic nitrogens is 2. The van der Waals surface area contributed by atoms with Gasteiger partial charge in [0.15, 0.2) is 0 Å². The van der Waals surface area contributed by atoms with Crippen molar-refractivity contribution in [2.24, 2.45) is 0 Å². The zero-order valence-corrected chi connectivity index (χ0v) is 25.4. The maximum absolute atomic E-state index is 6.60. The number of anilines is 3. The van der Waals surface area contributed by atoms with Gasteiger partial charge in [0, 0.05) is 22.4 Å². The number of fused-ring (bicyclic) bond motifs is 13. The summed E-state index contributed by atoms with van der Waals surface area (Å²) in [6, 6.07) is 50.2. The first-order chi connectivity index (χ1) is 22.6. The summed E-state index contributed by atoms with van der Waals surface area (Å²) in [6.07, 6.45) is 0. The van der Waals surface area contributed by atoms with Crippen LogP contribution >= 0.6 is 0 Å². The molecule has 0 fully saturated rings. The van der Waals surface area contributed by atoms with E-state index in [1.165, 1.54) is 11.1 Å². The third-order valence-corrected chi connectivity index (χ3v) is 9.90. The highest BCUT2D eigenvalue weighted by molar-refractivity contribution is 5.91. The lowest BCUT2D eigenvalue weighted by atomic mass is 9.61. The standard InChI is InChI=1S/C41H29N3O2/c1-40(2)31-25-26(23-24-35(31)44-36-20-10-7-17-32(36)42-39(44)46-40)43-33-18-8-3-13-27(33)41(28-14-4-9-19-34(28)43)29-15-5-11-21-37(29)45-38-22-12-6-16-30(38)41/h3-25H,1-2H3. The Morgan fingerprint density at radius 1 is 0.543 bits per heavy atom. The molecule has 220 valence electrons. The van der Waals surface area contributed by atoms with Crippen LogP contribution in [0.4, 0.5) is 17.1 Å². The van der Waals surface area contributed by atoms with Crippen molar-refractivity contribution in [1.29, 1.82) is 0 Å². The first-order valence-corrected chi connectivity index (χ1v) is 15.7. The van der Waals surface area contributed by atoms with Crippen molar-refractivity contribution in [1.82, 2.24) is 9.55 Å². The fourth-order valence-corrected chi connectivity index (χ4v) is 8.03. The lowest BCUT2D eigenvalue weighted by Gasteiger charge is -2.48. The van der Waals surface area contributed by atoms with Crippen LogP contribution in [0, 0.1) is 0 Å². The van der Waals surface area contributed by atoms with Crippen LogP contribution in [-0.2, 0) is 11.0 Å². The van der Waals surface area contributed by atoms with Crippen molar-refractivity contribution in [3.63, 3.8) is 0 Å². The molecule has 5 nitrogen and oxygen atoms in total. The van der Waals surface area contributed by atoms with E-state index < -0.39 is 11.0 Å². The molecule has 6 aromatic carbocycles. The molecular weight excluding hydrogens is 566 g/mol. The van der Waals surface area contributed by atoms with Gasteiger partial charge in [0.25, 0.3) is 0 Å². The van der Waals surface area contributed by atoms with E-state index in [-0.39, 0.29) is 0 Å². The second-order valence-corrected chi connectivity index (χ2v) is 12.7. The Morgan fingerprint density at radius 2 is 1.11 bits per heavy atom. The number of rotatable bonds is 1. The number of ether oxygens (including phenoxy) is 2. The van der Waals surface area contributed by atoms with Crippen LogP contribution in [0.5, 0.6) is 17.5 Å². The lowest BCUT2D eigenvalue weighted by Crippen LogP contribution is -2.39. The molecule has 0 bridgehead atoms. The highest BCUT2D eigenvalue weighted by Crippen LogP contribution is 2.62. The third-order valence-electron chi connectivity index (χ3n) is 9.90. The molecule has 1 spiro atoms. The SMILES string of the molecule is CC1(C)Oc2nc3ccccc3n2-c2ccc(N3c4ccccc4C4(c5ccccc5Oc5ccccc54)c4ccccc43)cc21. The number of imidazole rings is 1. The summed E-state index contributed by atoms with van der Waals surface area (Å²) in [7, 11) is 0. The fourth-order valence-electron chi connectivity index (χ4n) is 8.03. The van der Waals surface area contributed by atoms with Crippen LogP contribution in [0.2, 0.25) is 0 Å². The van der Waals surface area contributed by atoms with E-state index in [0.717, 1.165) is 62.0 Å². The number of benzene rings is 6. The monoisotopic (exact) mass is 595 g/mol. The summed E-state index contributed by atoms with van der Waals surface area (Å²) in [5.74, 6) is 1.77. The Kier molecular flexibility index (Phi) is 4.93. The van der Waals surface area contributed by atoms with Crippen molar-refractivity contribution < 1.29 is 9.47 Å². The largest absolute Gasteiger partial charge is 0.457 e. The van der Waals surface area contributed by atoms with Gasteiger partial charge in [-0.2, -0.15) is 4.98 Å². The van der Waals surface area contributed by atoms with Gasteiger partial charge in [-0.25, -0.2) is 0 Å². The summed E-state index contributed by atoms with van der Waals surface area (Å²) in [6.45, 7) is 4.25. The van der Waals surface area contributed by atoms with Crippen LogP contribution in [0.1, 0.15) is 41.7 Å². The predicted octanol–water partition coefficient (Wildman–Crippen LogP) is 9.92. The summed E-state index contributed by atoms with van der Waals surface area (Å²) >= 11 is 0. The summed E-state index contributed by atoms with van der Waals surface area (Å²) in [5, 5.41) is 0. The van der Waals surface area contributed by atoms with E-state index in [0.29, 0.717) is 6.01 Å². The van der Waals surface area contributed by atoms with Crippen molar-refractivity contribution in [2.45, 2.75) is 24.9 Å². The minimum Gasteiger partial charge on any atom is -0.457 e. The molecule has 7 aromatic rings. The van der Waals surface area contributed by atoms with Crippen LogP contribution in [-0.4, -0.2) is 9.55 Å². The molecule has 0 saturated heterocycles. The molecule has 46 heavy (non-hydrogen) atoms. The van der Waals surface area contributed by atoms with E-state index in [2.05, 4.69) is 151 Å². The molecule has 4 heterocycles. The smallest absolute Gasteiger partial charge is 0.303 e. The quantitative estimate of drug-likeness (QED) is 0.189. The molecule has 0 saturated carbocycles. The van der Waals surface area contributed by atoms with Crippen molar-refractivity contribution >= 4 is 28.1 Å². The van der Waals surface area contributed by atoms with Crippen LogP contribution in [0.25, 0.3) is 16.7 Å². The van der Waals surface area contributed by atoms with Crippen LogP contribution < -0.4 is 14.4 Å². The highest BCUT2D eigenvalue weighted by Gasteiger charge is 2.51. The van der Waals surface area contributed by atoms with Gasteiger partial charge in [0.1, 0.15) is 17.1 Å². The van der Waals surface area contributed by atoms with Gasteiger partial charge in [0.05, 0.1) is 33.5 Å². The van der Waals surface area contributed by atoms with E-state index in [9.17, 15) is 0 Å². The number of nitrogens with zero attached hydrogens (tertiary/aromatic N) is 3. The van der Waals surface area contributed by atoms with Gasteiger partial charge < -0.3 is 14.4 Å². The maximum Gasteiger partial charge on any atom is 0.303 e. The molecule has 3 aliphatic rings. The van der Waals surface area contributed by atoms with Crippen LogP contribution in [0.3, 0.4) is 0 Å². The van der Waals surface area contributed by atoms with Gasteiger partial charge in [-0.1, -0.05) is 84.9 Å². The number of hydrogen-bond donors (Lipinski definition) is 0. The number of hydrogen-bond acceptors (Lipinski definition) is 4. The average Bonchev–Trinajstić information content (AvgIpc) is 3.45. The Hall–Kier alpha value is -5.81. The predicted molar refractivity (Wildman–Crippen MR) is 181 cm³/mol. The Morgan fingerprint density at radius 3 is 1.78 bits per heavy atom. The Bertz CT molecular complexity index is 2290. The topological polar surface area (TPSA) is 39.5 Å². The molecule has 0 aliphatic carbocycles. The highest BCUT2D eigenvalue weighted by atomic mass is 16.5. The average molecular weight is 596 g/mol. The van der Waals surface area contributed by atoms with E-state index in [4.69, 9.17) is 14.5 Å². The molecule has 1 aromatic heterocycles. The zero-order valence-electron chi connectivity index (χ0n) is 25.4. The fraction of sp³-hybridized carbons (Fsp3) is 0.0976. The Labute approximate surface area is 266 Å². The van der Waals surface area contributed by atoms with E-state index in [1.807, 2.05) is 12.1 Å². The summed E-state index contributed by atoms with van der Waals surface area (Å²) < 4.78 is 15.3. The molecule has 5 heteroatoms. The van der Waals surface area contributed by atoms with Crippen molar-refractivity contribution in [3.8, 4) is 23.2 Å². The number of para-hydroxylation sites is 6. The molecule has 10 rings (SSSR count). The van der Waals surface area contributed by atoms with Crippen LogP contribution in [0.15, 0.2) is 140 Å². The lowest BCUT2D eigenvalue weighted by molar-refractivity contribution is 0.0848. The third kappa shape index (κ3) is 3.16. The molecule has 0 radical (unpaired) electrons. The molecule has 0 N–H and O–H groups in total. The second-order valence-electron chi connectivity index (χ2n) is 12.7. The van der Waals surface area contributed by atoms with Crippen molar-refractivity contribution in [2.75, 3.05) is 4.90 Å². The van der Waals surface area contributed by atoms with Gasteiger partial charge in [-0.15, -0.1) is 0 Å². The molecule has 3 aliphatic heterocycles. The first-order valence-electron chi connectivity index (χ1n) is 15.7. The summed E-state index contributed by atoms with van der Waals surface area (Å²) in [5.41, 5.74) is 11.1. The first kappa shape index (κ1) is 25.5. The molecule has 0 unspecified atom stereocenters. The summed E-state index contributed by atoms with van der Waals surface area (Å²) in [4.78, 5) is 7.24. The zero-order chi connectivity index (χ0) is 30.6. The maximum atomic E-state index is 6.60. The van der Waals surface area contributed by atoms with Gasteiger partial charge >= 0.3 is 6.01 Å². The van der Waals surface area contributed by atoms with E-state index in [1.54, 1.807) is 0 Å². The minimum absolute atomic E-state index is 0.559.